The Bertz CT molecular complexity index is 689. The average Bonchev–Trinajstić information content (AvgIpc) is 2.69. The van der Waals surface area contributed by atoms with E-state index < -0.39 is 11.7 Å². The van der Waals surface area contributed by atoms with Gasteiger partial charge in [0, 0.05) is 6.07 Å². The zero-order valence-electron chi connectivity index (χ0n) is 10.2. The number of nitrogens with two attached hydrogens (primary N) is 1. The number of aryl methyl sites for hydroxylation is 1. The summed E-state index contributed by atoms with van der Waals surface area (Å²) in [7, 11) is 0. The summed E-state index contributed by atoms with van der Waals surface area (Å²) in [6.07, 6.45) is -4.49. The van der Waals surface area contributed by atoms with E-state index in [1.165, 1.54) is 13.0 Å². The summed E-state index contributed by atoms with van der Waals surface area (Å²) in [6.45, 7) is 1.46. The standard InChI is InChI=1S/C12H8ClF3N4/c1-6-2-7(12(14,15)16)3-9(13)11(6)20-10(18)4-8(5-17)19-20/h2-4H,18H2,1H3. The SMILES string of the molecule is Cc1cc(C(F)(F)F)cc(Cl)c1-n1nc(C#N)cc1N. The van der Waals surface area contributed by atoms with E-state index in [9.17, 15) is 13.2 Å². The Morgan fingerprint density at radius 2 is 2.00 bits per heavy atom. The van der Waals surface area contributed by atoms with Crippen molar-refractivity contribution >= 4 is 17.4 Å². The van der Waals surface area contributed by atoms with Crippen LogP contribution in [-0.2, 0) is 6.18 Å². The maximum atomic E-state index is 12.7. The number of hydrogen-bond acceptors (Lipinski definition) is 3. The summed E-state index contributed by atoms with van der Waals surface area (Å²) in [6, 6.07) is 4.87. The molecule has 0 unspecified atom stereocenters. The smallest absolute Gasteiger partial charge is 0.384 e. The van der Waals surface area contributed by atoms with Gasteiger partial charge in [0.05, 0.1) is 16.3 Å². The summed E-state index contributed by atoms with van der Waals surface area (Å²) in [5, 5.41) is 12.5. The zero-order chi connectivity index (χ0) is 15.1. The first-order chi connectivity index (χ1) is 9.24. The Morgan fingerprint density at radius 1 is 1.35 bits per heavy atom. The minimum Gasteiger partial charge on any atom is -0.384 e. The highest BCUT2D eigenvalue weighted by Gasteiger charge is 2.32. The van der Waals surface area contributed by atoms with E-state index in [1.54, 1.807) is 6.07 Å². The molecule has 2 rings (SSSR count). The number of benzene rings is 1. The highest BCUT2D eigenvalue weighted by molar-refractivity contribution is 6.32. The van der Waals surface area contributed by atoms with Gasteiger partial charge in [-0.25, -0.2) is 4.68 Å². The predicted molar refractivity (Wildman–Crippen MR) is 67.4 cm³/mol. The Hall–Kier alpha value is -2.20. The number of rotatable bonds is 1. The van der Waals surface area contributed by atoms with Crippen molar-refractivity contribution in [3.05, 3.63) is 40.0 Å². The van der Waals surface area contributed by atoms with Gasteiger partial charge >= 0.3 is 6.18 Å². The number of nitrogen functional groups attached to an aromatic ring is 1. The highest BCUT2D eigenvalue weighted by Crippen LogP contribution is 2.35. The molecule has 1 aromatic carbocycles. The van der Waals surface area contributed by atoms with Crippen LogP contribution >= 0.6 is 11.6 Å². The second kappa shape index (κ2) is 4.72. The van der Waals surface area contributed by atoms with Crippen molar-refractivity contribution in [1.82, 2.24) is 9.78 Å². The van der Waals surface area contributed by atoms with Crippen LogP contribution in [0.4, 0.5) is 19.0 Å². The molecule has 0 aliphatic carbocycles. The fourth-order valence-electron chi connectivity index (χ4n) is 1.80. The first-order valence-electron chi connectivity index (χ1n) is 5.37. The summed E-state index contributed by atoms with van der Waals surface area (Å²) in [4.78, 5) is 0. The molecule has 4 nitrogen and oxygen atoms in total. The number of aromatic nitrogens is 2. The maximum Gasteiger partial charge on any atom is 0.416 e. The van der Waals surface area contributed by atoms with Crippen molar-refractivity contribution in [2.75, 3.05) is 5.73 Å². The monoisotopic (exact) mass is 300 g/mol. The molecule has 0 aliphatic heterocycles. The van der Waals surface area contributed by atoms with Gasteiger partial charge in [-0.1, -0.05) is 11.6 Å². The number of nitrogens with zero attached hydrogens (tertiary/aromatic N) is 3. The number of nitriles is 1. The van der Waals surface area contributed by atoms with Gasteiger partial charge in [0.25, 0.3) is 0 Å². The largest absolute Gasteiger partial charge is 0.416 e. The van der Waals surface area contributed by atoms with E-state index in [1.807, 2.05) is 0 Å². The maximum absolute atomic E-state index is 12.7. The molecule has 2 aromatic rings. The molecule has 0 spiro atoms. The van der Waals surface area contributed by atoms with Gasteiger partial charge in [0.15, 0.2) is 5.69 Å². The molecule has 104 valence electrons. The topological polar surface area (TPSA) is 67.6 Å². The molecular formula is C12H8ClF3N4. The molecule has 0 bridgehead atoms. The minimum absolute atomic E-state index is 0.0536. The molecule has 0 saturated carbocycles. The second-order valence-electron chi connectivity index (χ2n) is 4.10. The molecule has 8 heteroatoms. The lowest BCUT2D eigenvalue weighted by Gasteiger charge is -2.14. The van der Waals surface area contributed by atoms with Crippen molar-refractivity contribution in [2.45, 2.75) is 13.1 Å². The van der Waals surface area contributed by atoms with Crippen LogP contribution in [0, 0.1) is 18.3 Å². The van der Waals surface area contributed by atoms with Gasteiger partial charge in [-0.3, -0.25) is 0 Å². The van der Waals surface area contributed by atoms with E-state index in [4.69, 9.17) is 22.6 Å². The first kappa shape index (κ1) is 14.2. The number of alkyl halides is 3. The highest BCUT2D eigenvalue weighted by atomic mass is 35.5. The van der Waals surface area contributed by atoms with Crippen molar-refractivity contribution in [2.24, 2.45) is 0 Å². The van der Waals surface area contributed by atoms with Crippen LogP contribution in [0.3, 0.4) is 0 Å². The summed E-state index contributed by atoms with van der Waals surface area (Å²) in [5.41, 5.74) is 5.36. The number of halogens is 4. The van der Waals surface area contributed by atoms with Gasteiger partial charge in [-0.05, 0) is 24.6 Å². The van der Waals surface area contributed by atoms with E-state index >= 15 is 0 Å². The third-order valence-corrected chi connectivity index (χ3v) is 2.93. The Morgan fingerprint density at radius 3 is 2.45 bits per heavy atom. The van der Waals surface area contributed by atoms with E-state index in [-0.39, 0.29) is 27.8 Å². The van der Waals surface area contributed by atoms with Gasteiger partial charge in [0.2, 0.25) is 0 Å². The quantitative estimate of drug-likeness (QED) is 0.878. The van der Waals surface area contributed by atoms with Crippen LogP contribution in [0.25, 0.3) is 5.69 Å². The summed E-state index contributed by atoms with van der Waals surface area (Å²) < 4.78 is 39.2. The van der Waals surface area contributed by atoms with Crippen LogP contribution in [0.2, 0.25) is 5.02 Å². The Balaban J connectivity index is 2.64. The van der Waals surface area contributed by atoms with E-state index in [0.717, 1.165) is 16.8 Å². The molecular weight excluding hydrogens is 293 g/mol. The fourth-order valence-corrected chi connectivity index (χ4v) is 2.14. The van der Waals surface area contributed by atoms with Crippen molar-refractivity contribution in [3.63, 3.8) is 0 Å². The molecule has 20 heavy (non-hydrogen) atoms. The lowest BCUT2D eigenvalue weighted by molar-refractivity contribution is -0.137. The summed E-state index contributed by atoms with van der Waals surface area (Å²) >= 11 is 5.90. The number of anilines is 1. The fraction of sp³-hybridized carbons (Fsp3) is 0.167. The van der Waals surface area contributed by atoms with Gasteiger partial charge in [-0.15, -0.1) is 0 Å². The average molecular weight is 301 g/mol. The molecule has 1 heterocycles. The van der Waals surface area contributed by atoms with E-state index in [2.05, 4.69) is 5.10 Å². The molecule has 0 saturated heterocycles. The molecule has 0 radical (unpaired) electrons. The van der Waals surface area contributed by atoms with Crippen LogP contribution in [0.1, 0.15) is 16.8 Å². The second-order valence-corrected chi connectivity index (χ2v) is 4.51. The van der Waals surface area contributed by atoms with E-state index in [0.29, 0.717) is 0 Å². The molecule has 0 amide bonds. The zero-order valence-corrected chi connectivity index (χ0v) is 10.9. The third-order valence-electron chi connectivity index (χ3n) is 2.64. The van der Waals surface area contributed by atoms with Gasteiger partial charge in [-0.2, -0.15) is 23.5 Å². The van der Waals surface area contributed by atoms with Crippen LogP contribution in [0.15, 0.2) is 18.2 Å². The normalized spacial score (nSPS) is 11.4. The van der Waals surface area contributed by atoms with Crippen molar-refractivity contribution < 1.29 is 13.2 Å². The van der Waals surface area contributed by atoms with Crippen molar-refractivity contribution in [1.29, 1.82) is 5.26 Å². The van der Waals surface area contributed by atoms with Crippen LogP contribution in [-0.4, -0.2) is 9.78 Å². The van der Waals surface area contributed by atoms with Crippen LogP contribution in [0.5, 0.6) is 0 Å². The lowest BCUT2D eigenvalue weighted by atomic mass is 10.1. The van der Waals surface area contributed by atoms with Gasteiger partial charge < -0.3 is 5.73 Å². The molecule has 2 N–H and O–H groups in total. The first-order valence-corrected chi connectivity index (χ1v) is 5.75. The Kier molecular flexibility index (Phi) is 3.36. The predicted octanol–water partition coefficient (Wildman–Crippen LogP) is 3.31. The molecule has 0 fully saturated rings. The molecule has 0 atom stereocenters. The summed E-state index contributed by atoms with van der Waals surface area (Å²) in [5.74, 6) is 0.117. The van der Waals surface area contributed by atoms with Gasteiger partial charge in [0.1, 0.15) is 11.9 Å². The third kappa shape index (κ3) is 2.42. The molecule has 1 aromatic heterocycles. The lowest BCUT2D eigenvalue weighted by Crippen LogP contribution is -2.09. The number of hydrogen-bond donors (Lipinski definition) is 1. The Labute approximate surface area is 117 Å². The molecule has 0 aliphatic rings. The van der Waals surface area contributed by atoms with Crippen molar-refractivity contribution in [3.8, 4) is 11.8 Å². The minimum atomic E-state index is -4.49. The van der Waals surface area contributed by atoms with Crippen LogP contribution < -0.4 is 5.73 Å².